The Morgan fingerprint density at radius 1 is 1.06 bits per heavy atom. The maximum atomic E-state index is 13.2. The fraction of sp³-hybridized carbons (Fsp3) is 0.385. The Morgan fingerprint density at radius 2 is 1.86 bits per heavy atom. The summed E-state index contributed by atoms with van der Waals surface area (Å²) in [6.45, 7) is 7.35. The molecule has 4 heterocycles. The van der Waals surface area contributed by atoms with Gasteiger partial charge in [0.05, 0.1) is 23.5 Å². The Labute approximate surface area is 204 Å². The van der Waals surface area contributed by atoms with Gasteiger partial charge in [0.1, 0.15) is 5.82 Å². The minimum atomic E-state index is -0.981. The smallest absolute Gasteiger partial charge is 0.337 e. The standard InChI is InChI=1S/C26H30N6O3/c1-18-14-31(24-9-8-20(12-27-24)26(34)35)19(2)13-30(18)17-25(33)29-11-10-23-21(15-29)16-32(28-23)22-6-4-3-5-7-22/h3-9,12,16,18-19H,10-11,13-15,17H2,1-2H3,(H,34,35)/t18-,19+/m0/s1. The molecule has 2 atom stereocenters. The van der Waals surface area contributed by atoms with Crippen molar-refractivity contribution in [2.45, 2.75) is 38.9 Å². The summed E-state index contributed by atoms with van der Waals surface area (Å²) in [4.78, 5) is 35.1. The van der Waals surface area contributed by atoms with Gasteiger partial charge in [0.15, 0.2) is 0 Å². The molecule has 2 aliphatic rings. The molecule has 1 N–H and O–H groups in total. The number of amides is 1. The van der Waals surface area contributed by atoms with E-state index in [0.717, 1.165) is 42.3 Å². The predicted octanol–water partition coefficient (Wildman–Crippen LogP) is 2.45. The first-order valence-electron chi connectivity index (χ1n) is 12.0. The molecule has 0 unspecified atom stereocenters. The third-order valence-electron chi connectivity index (χ3n) is 6.97. The van der Waals surface area contributed by atoms with Crippen molar-refractivity contribution in [2.75, 3.05) is 31.1 Å². The minimum Gasteiger partial charge on any atom is -0.478 e. The molecule has 2 aliphatic heterocycles. The van der Waals surface area contributed by atoms with Gasteiger partial charge in [-0.1, -0.05) is 18.2 Å². The van der Waals surface area contributed by atoms with Crippen molar-refractivity contribution in [3.8, 4) is 5.69 Å². The van der Waals surface area contributed by atoms with Crippen molar-refractivity contribution in [1.29, 1.82) is 0 Å². The third-order valence-corrected chi connectivity index (χ3v) is 6.97. The van der Waals surface area contributed by atoms with Crippen LogP contribution < -0.4 is 4.90 Å². The molecule has 0 bridgehead atoms. The summed E-state index contributed by atoms with van der Waals surface area (Å²) in [6.07, 6.45) is 4.20. The first-order valence-corrected chi connectivity index (χ1v) is 12.0. The second-order valence-electron chi connectivity index (χ2n) is 9.44. The highest BCUT2D eigenvalue weighted by atomic mass is 16.4. The molecule has 1 amide bonds. The number of carboxylic acid groups (broad SMARTS) is 1. The van der Waals surface area contributed by atoms with Crippen LogP contribution in [0.1, 0.15) is 35.5 Å². The molecule has 1 fully saturated rings. The van der Waals surface area contributed by atoms with Crippen molar-refractivity contribution in [3.05, 3.63) is 71.7 Å². The van der Waals surface area contributed by atoms with Crippen LogP contribution in [-0.2, 0) is 17.8 Å². The molecule has 2 aromatic heterocycles. The maximum absolute atomic E-state index is 13.2. The lowest BCUT2D eigenvalue weighted by atomic mass is 10.1. The minimum absolute atomic E-state index is 0.138. The number of carbonyl (C=O) groups is 2. The summed E-state index contributed by atoms with van der Waals surface area (Å²) in [5, 5.41) is 13.8. The Kier molecular flexibility index (Phi) is 6.25. The molecule has 182 valence electrons. The van der Waals surface area contributed by atoms with Crippen LogP contribution >= 0.6 is 0 Å². The molecule has 3 aromatic rings. The number of hydrogen-bond donors (Lipinski definition) is 1. The number of benzene rings is 1. The molecule has 1 aromatic carbocycles. The van der Waals surface area contributed by atoms with Crippen LogP contribution in [0.5, 0.6) is 0 Å². The molecule has 0 radical (unpaired) electrons. The van der Waals surface area contributed by atoms with Crippen LogP contribution in [-0.4, -0.2) is 79.8 Å². The molecule has 0 saturated carbocycles. The summed E-state index contributed by atoms with van der Waals surface area (Å²) in [5.41, 5.74) is 3.37. The van der Waals surface area contributed by atoms with Crippen LogP contribution in [0.25, 0.3) is 5.69 Å². The van der Waals surface area contributed by atoms with Crippen molar-refractivity contribution in [1.82, 2.24) is 24.6 Å². The fourth-order valence-electron chi connectivity index (χ4n) is 4.93. The number of para-hydroxylation sites is 1. The summed E-state index contributed by atoms with van der Waals surface area (Å²) in [6, 6.07) is 13.7. The van der Waals surface area contributed by atoms with Gasteiger partial charge < -0.3 is 14.9 Å². The van der Waals surface area contributed by atoms with Crippen LogP contribution in [0.4, 0.5) is 5.82 Å². The largest absolute Gasteiger partial charge is 0.478 e. The molecule has 0 aliphatic carbocycles. The molecule has 35 heavy (non-hydrogen) atoms. The SMILES string of the molecule is C[C@@H]1CN(CC(=O)N2CCc3nn(-c4ccccc4)cc3C2)[C@@H](C)CN1c1ccc(C(=O)O)cn1. The topological polar surface area (TPSA) is 94.8 Å². The second kappa shape index (κ2) is 9.50. The number of pyridine rings is 1. The Balaban J connectivity index is 1.21. The zero-order valence-corrected chi connectivity index (χ0v) is 20.0. The maximum Gasteiger partial charge on any atom is 0.337 e. The average Bonchev–Trinajstić information content (AvgIpc) is 3.30. The lowest BCUT2D eigenvalue weighted by Gasteiger charge is -2.45. The first kappa shape index (κ1) is 23.0. The van der Waals surface area contributed by atoms with Crippen LogP contribution in [0, 0.1) is 0 Å². The average molecular weight is 475 g/mol. The van der Waals surface area contributed by atoms with Gasteiger partial charge in [-0.2, -0.15) is 5.10 Å². The number of fused-ring (bicyclic) bond motifs is 1. The normalized spacial score (nSPS) is 20.5. The summed E-state index contributed by atoms with van der Waals surface area (Å²) >= 11 is 0. The number of anilines is 1. The molecule has 0 spiro atoms. The highest BCUT2D eigenvalue weighted by Crippen LogP contribution is 2.23. The van der Waals surface area contributed by atoms with Crippen molar-refractivity contribution < 1.29 is 14.7 Å². The Bertz CT molecular complexity index is 1210. The zero-order valence-electron chi connectivity index (χ0n) is 20.0. The summed E-state index contributed by atoms with van der Waals surface area (Å²) < 4.78 is 1.90. The van der Waals surface area contributed by atoms with E-state index >= 15 is 0 Å². The van der Waals surface area contributed by atoms with Gasteiger partial charge in [-0.05, 0) is 38.1 Å². The van der Waals surface area contributed by atoms with Crippen molar-refractivity contribution >= 4 is 17.7 Å². The van der Waals surface area contributed by atoms with Crippen molar-refractivity contribution in [2.24, 2.45) is 0 Å². The van der Waals surface area contributed by atoms with Gasteiger partial charge in [-0.3, -0.25) is 9.69 Å². The highest BCUT2D eigenvalue weighted by molar-refractivity contribution is 5.87. The van der Waals surface area contributed by atoms with Gasteiger partial charge in [-0.15, -0.1) is 0 Å². The molecular weight excluding hydrogens is 444 g/mol. The number of rotatable bonds is 5. The molecule has 9 nitrogen and oxygen atoms in total. The zero-order chi connectivity index (χ0) is 24.5. The van der Waals surface area contributed by atoms with Gasteiger partial charge in [0.25, 0.3) is 0 Å². The number of piperazine rings is 1. The van der Waals surface area contributed by atoms with Gasteiger partial charge >= 0.3 is 5.97 Å². The second-order valence-corrected chi connectivity index (χ2v) is 9.44. The molecule has 9 heteroatoms. The number of carboxylic acids is 1. The molecular formula is C26H30N6O3. The Morgan fingerprint density at radius 3 is 2.57 bits per heavy atom. The third kappa shape index (κ3) is 4.77. The van der Waals surface area contributed by atoms with Crippen LogP contribution in [0.3, 0.4) is 0 Å². The van der Waals surface area contributed by atoms with E-state index in [2.05, 4.69) is 28.6 Å². The van der Waals surface area contributed by atoms with E-state index in [9.17, 15) is 9.59 Å². The predicted molar refractivity (Wildman–Crippen MR) is 132 cm³/mol. The van der Waals surface area contributed by atoms with Gasteiger partial charge in [0, 0.05) is 62.6 Å². The number of aromatic carboxylic acids is 1. The molecule has 5 rings (SSSR count). The van der Waals surface area contributed by atoms with Gasteiger partial charge in [-0.25, -0.2) is 14.5 Å². The van der Waals surface area contributed by atoms with E-state index in [1.165, 1.54) is 6.20 Å². The van der Waals surface area contributed by atoms with E-state index in [4.69, 9.17) is 10.2 Å². The number of aromatic nitrogens is 3. The fourth-order valence-corrected chi connectivity index (χ4v) is 4.93. The van der Waals surface area contributed by atoms with Crippen molar-refractivity contribution in [3.63, 3.8) is 0 Å². The number of hydrogen-bond acceptors (Lipinski definition) is 6. The van der Waals surface area contributed by atoms with E-state index in [1.807, 2.05) is 46.1 Å². The van der Waals surface area contributed by atoms with E-state index in [-0.39, 0.29) is 23.6 Å². The van der Waals surface area contributed by atoms with E-state index in [1.54, 1.807) is 12.1 Å². The lowest BCUT2D eigenvalue weighted by molar-refractivity contribution is -0.134. The number of nitrogens with zero attached hydrogens (tertiary/aromatic N) is 6. The van der Waals surface area contributed by atoms with Gasteiger partial charge in [0.2, 0.25) is 5.91 Å². The quantitative estimate of drug-likeness (QED) is 0.607. The summed E-state index contributed by atoms with van der Waals surface area (Å²) in [7, 11) is 0. The number of carbonyl (C=O) groups excluding carboxylic acids is 1. The highest BCUT2D eigenvalue weighted by Gasteiger charge is 2.33. The summed E-state index contributed by atoms with van der Waals surface area (Å²) in [5.74, 6) is -0.0788. The monoisotopic (exact) mass is 474 g/mol. The Hall–Kier alpha value is -3.72. The lowest BCUT2D eigenvalue weighted by Crippen LogP contribution is -2.58. The first-order chi connectivity index (χ1) is 16.9. The molecule has 1 saturated heterocycles. The van der Waals surface area contributed by atoms with E-state index in [0.29, 0.717) is 19.6 Å². The van der Waals surface area contributed by atoms with Crippen LogP contribution in [0.15, 0.2) is 54.9 Å². The van der Waals surface area contributed by atoms with Crippen LogP contribution in [0.2, 0.25) is 0 Å². The van der Waals surface area contributed by atoms with E-state index < -0.39 is 5.97 Å².